The van der Waals surface area contributed by atoms with Crippen LogP contribution in [0.15, 0.2) is 42.7 Å². The Morgan fingerprint density at radius 2 is 1.62 bits per heavy atom. The van der Waals surface area contributed by atoms with E-state index in [2.05, 4.69) is 35.9 Å². The molecule has 1 aliphatic carbocycles. The van der Waals surface area contributed by atoms with Gasteiger partial charge in [0.1, 0.15) is 41.4 Å². The Morgan fingerprint density at radius 3 is 2.21 bits per heavy atom. The van der Waals surface area contributed by atoms with Crippen molar-refractivity contribution in [3.8, 4) is 5.75 Å². The fourth-order valence-corrected chi connectivity index (χ4v) is 7.43. The van der Waals surface area contributed by atoms with Gasteiger partial charge < -0.3 is 29.2 Å². The topological polar surface area (TPSA) is 192 Å². The molecule has 0 amide bonds. The molecule has 2 aliphatic rings. The van der Waals surface area contributed by atoms with Crippen LogP contribution < -0.4 is 15.3 Å². The smallest absolute Gasteiger partial charge is 0.459 e. The van der Waals surface area contributed by atoms with Crippen LogP contribution in [0.4, 0.5) is 5.82 Å². The third-order valence-corrected chi connectivity index (χ3v) is 11.1. The number of hydrogen-bond donors (Lipinski definition) is 2. The molecule has 3 heterocycles. The predicted octanol–water partition coefficient (Wildman–Crippen LogP) is 5.64. The molecule has 2 aromatic heterocycles. The summed E-state index contributed by atoms with van der Waals surface area (Å²) in [6.07, 6.45) is -0.0801. The van der Waals surface area contributed by atoms with Crippen LogP contribution in [-0.4, -0.2) is 69.6 Å². The number of aromatic nitrogens is 3. The number of nitrogens with one attached hydrogen (secondary N) is 1. The molecule has 1 unspecified atom stereocenters. The number of rotatable bonds is 14. The lowest BCUT2D eigenvalue weighted by atomic mass is 9.87. The number of nitrogen functional groups attached to an aromatic ring is 1. The van der Waals surface area contributed by atoms with Crippen molar-refractivity contribution in [1.82, 2.24) is 19.7 Å². The van der Waals surface area contributed by atoms with Gasteiger partial charge >= 0.3 is 25.7 Å². The number of nitrogens with two attached hydrogens (primary N) is 1. The number of ether oxygens (including phenoxy) is 4. The first-order valence-electron chi connectivity index (χ1n) is 18.0. The summed E-state index contributed by atoms with van der Waals surface area (Å²) >= 11 is 0. The second-order valence-electron chi connectivity index (χ2n) is 15.5. The number of anilines is 1. The molecule has 3 N–H and O–H groups in total. The number of fused-ring (bicyclic) bond motifs is 1. The Kier molecular flexibility index (Phi) is 11.9. The van der Waals surface area contributed by atoms with Crippen molar-refractivity contribution >= 4 is 37.0 Å². The second kappa shape index (κ2) is 15.7. The number of esters is 3. The van der Waals surface area contributed by atoms with Crippen molar-refractivity contribution in [3.05, 3.63) is 54.0 Å². The zero-order valence-corrected chi connectivity index (χ0v) is 32.8. The van der Waals surface area contributed by atoms with E-state index in [0.717, 1.165) is 24.8 Å². The molecule has 15 nitrogen and oxygen atoms in total. The summed E-state index contributed by atoms with van der Waals surface area (Å²) in [5.41, 5.74) is 6.39. The quantitative estimate of drug-likeness (QED) is 0.117. The highest BCUT2D eigenvalue weighted by molar-refractivity contribution is 7.52. The van der Waals surface area contributed by atoms with E-state index in [4.69, 9.17) is 33.7 Å². The van der Waals surface area contributed by atoms with E-state index >= 15 is 0 Å². The minimum Gasteiger partial charge on any atom is -0.461 e. The number of carbonyl (C=O) groups is 3. The van der Waals surface area contributed by atoms with Crippen molar-refractivity contribution in [3.63, 3.8) is 0 Å². The summed E-state index contributed by atoms with van der Waals surface area (Å²) in [5, 5.41) is 7.09. The number of benzene rings is 1. The highest BCUT2D eigenvalue weighted by Crippen LogP contribution is 2.49. The third-order valence-electron chi connectivity index (χ3n) is 9.43. The van der Waals surface area contributed by atoms with Gasteiger partial charge in [0.2, 0.25) is 0 Å². The Morgan fingerprint density at radius 1 is 0.981 bits per heavy atom. The van der Waals surface area contributed by atoms with Crippen LogP contribution in [0.25, 0.3) is 5.52 Å². The van der Waals surface area contributed by atoms with Gasteiger partial charge in [0, 0.05) is 0 Å². The van der Waals surface area contributed by atoms with E-state index in [9.17, 15) is 18.9 Å². The van der Waals surface area contributed by atoms with Crippen LogP contribution in [0, 0.1) is 11.8 Å². The maximum absolute atomic E-state index is 14.6. The summed E-state index contributed by atoms with van der Waals surface area (Å²) in [4.78, 5) is 43.5. The summed E-state index contributed by atoms with van der Waals surface area (Å²) in [6, 6.07) is 9.35. The zero-order valence-electron chi connectivity index (χ0n) is 31.9. The van der Waals surface area contributed by atoms with Gasteiger partial charge in [-0.1, -0.05) is 60.6 Å². The molecular formula is C37H52N5O10P. The van der Waals surface area contributed by atoms with Gasteiger partial charge in [-0.15, -0.1) is 0 Å². The summed E-state index contributed by atoms with van der Waals surface area (Å²) in [6.45, 7) is 15.6. The van der Waals surface area contributed by atoms with E-state index in [0.29, 0.717) is 11.2 Å². The number of nitrogens with zero attached hydrogens (tertiary/aromatic N) is 3. The molecule has 0 radical (unpaired) electrons. The molecule has 1 aromatic carbocycles. The first-order valence-corrected chi connectivity index (χ1v) is 19.6. The maximum Gasteiger partial charge on any atom is 0.459 e. The molecule has 1 aliphatic heterocycles. The average Bonchev–Trinajstić information content (AvgIpc) is 3.62. The monoisotopic (exact) mass is 757 g/mol. The van der Waals surface area contributed by atoms with E-state index in [-0.39, 0.29) is 23.1 Å². The summed E-state index contributed by atoms with van der Waals surface area (Å²) in [7, 11) is -4.41. The predicted molar refractivity (Wildman–Crippen MR) is 195 cm³/mol. The van der Waals surface area contributed by atoms with Crippen molar-refractivity contribution in [2.24, 2.45) is 11.8 Å². The van der Waals surface area contributed by atoms with E-state index in [1.54, 1.807) is 58.9 Å². The highest BCUT2D eigenvalue weighted by Gasteiger charge is 2.59. The second-order valence-corrected chi connectivity index (χ2v) is 17.2. The molecule has 2 fully saturated rings. The lowest BCUT2D eigenvalue weighted by Crippen LogP contribution is -2.46. The first-order chi connectivity index (χ1) is 24.8. The van der Waals surface area contributed by atoms with Gasteiger partial charge in [0.25, 0.3) is 0 Å². The Bertz CT molecular complexity index is 1840. The fraction of sp³-hybridized carbons (Fsp3) is 0.595. The minimum absolute atomic E-state index is 0.149. The van der Waals surface area contributed by atoms with Gasteiger partial charge in [-0.2, -0.15) is 10.2 Å². The molecule has 53 heavy (non-hydrogen) atoms. The summed E-state index contributed by atoms with van der Waals surface area (Å²) < 4.78 is 52.5. The maximum atomic E-state index is 14.6. The lowest BCUT2D eigenvalue weighted by molar-refractivity contribution is -0.175. The fourth-order valence-electron chi connectivity index (χ4n) is 5.93. The SMILES string of the molecule is CC(C)C(=O)O[C@H]1[C@@H](OC(=O)C(C)C)[C@](C)(c2ccc3c(N)ncnn23)O[C@@H]1COP(=O)(N[C@@H](C)C(=O)OC1CCC1)Oc1ccc(C(C)(C)C)cc1. The Hall–Kier alpha value is -4.04. The van der Waals surface area contributed by atoms with Gasteiger partial charge in [0.05, 0.1) is 24.1 Å². The van der Waals surface area contributed by atoms with Gasteiger partial charge in [-0.25, -0.2) is 14.1 Å². The standard InChI is InChI=1S/C37H52N5O10P/c1-21(2)33(43)49-30-28(51-37(9,31(30)50-34(44)22(3)4)29-18-17-27-32(38)39-20-40-42(27)29)19-47-53(46,41-23(5)35(45)48-25-11-10-12-25)52-26-15-13-24(14-16-26)36(6,7)8/h13-18,20-23,25,28,30-31H,10-12,19H2,1-9H3,(H,41,46)(H2,38,39,40)/t23-,28+,30+,31+,37-,53?/m0/s1. The molecule has 1 saturated heterocycles. The zero-order chi connectivity index (χ0) is 38.9. The van der Waals surface area contributed by atoms with Crippen LogP contribution in [0.1, 0.15) is 92.8 Å². The van der Waals surface area contributed by atoms with Crippen LogP contribution in [0.5, 0.6) is 5.75 Å². The van der Waals surface area contributed by atoms with Crippen molar-refractivity contribution < 1.29 is 46.9 Å². The molecule has 16 heteroatoms. The highest BCUT2D eigenvalue weighted by atomic mass is 31.2. The van der Waals surface area contributed by atoms with Crippen LogP contribution in [0.3, 0.4) is 0 Å². The normalized spacial score (nSPS) is 23.7. The molecular weight excluding hydrogens is 705 g/mol. The minimum atomic E-state index is -4.41. The molecule has 290 valence electrons. The van der Waals surface area contributed by atoms with Gasteiger partial charge in [-0.05, 0) is 68.4 Å². The number of carbonyl (C=O) groups excluding carboxylic acids is 3. The van der Waals surface area contributed by atoms with E-state index in [1.807, 2.05) is 12.1 Å². The van der Waals surface area contributed by atoms with Gasteiger partial charge in [0.15, 0.2) is 18.0 Å². The van der Waals surface area contributed by atoms with E-state index < -0.39 is 74.1 Å². The van der Waals surface area contributed by atoms with E-state index in [1.165, 1.54) is 17.8 Å². The van der Waals surface area contributed by atoms with Crippen LogP contribution >= 0.6 is 7.75 Å². The lowest BCUT2D eigenvalue weighted by Gasteiger charge is -2.31. The molecule has 5 rings (SSSR count). The van der Waals surface area contributed by atoms with Gasteiger partial charge in [-0.3, -0.25) is 18.9 Å². The molecule has 6 atom stereocenters. The largest absolute Gasteiger partial charge is 0.461 e. The third kappa shape index (κ3) is 9.02. The first kappa shape index (κ1) is 40.2. The molecule has 3 aromatic rings. The van der Waals surface area contributed by atoms with Crippen molar-refractivity contribution in [2.45, 2.75) is 123 Å². The van der Waals surface area contributed by atoms with Crippen molar-refractivity contribution in [1.29, 1.82) is 0 Å². The van der Waals surface area contributed by atoms with Crippen molar-refractivity contribution in [2.75, 3.05) is 12.3 Å². The Balaban J connectivity index is 1.51. The number of hydrogen-bond acceptors (Lipinski definition) is 13. The van der Waals surface area contributed by atoms with Crippen LogP contribution in [0.2, 0.25) is 0 Å². The van der Waals surface area contributed by atoms with Crippen LogP contribution in [-0.2, 0) is 53.4 Å². The summed E-state index contributed by atoms with van der Waals surface area (Å²) in [5.74, 6) is -2.44. The molecule has 1 saturated carbocycles. The molecule has 0 bridgehead atoms. The average molecular weight is 758 g/mol. The Labute approximate surface area is 310 Å². The molecule has 0 spiro atoms.